The highest BCUT2D eigenvalue weighted by atomic mass is 16.4. The molecule has 0 saturated heterocycles. The van der Waals surface area contributed by atoms with Gasteiger partial charge in [-0.05, 0) is 24.6 Å². The Labute approximate surface area is 121 Å². The number of carbonyl (C=O) groups is 2. The average Bonchev–Trinajstić information content (AvgIpc) is 2.47. The molecule has 0 bridgehead atoms. The van der Waals surface area contributed by atoms with Crippen molar-refractivity contribution in [3.8, 4) is 0 Å². The lowest BCUT2D eigenvalue weighted by atomic mass is 10.1. The first-order valence-electron chi connectivity index (χ1n) is 6.30. The van der Waals surface area contributed by atoms with Gasteiger partial charge in [0, 0.05) is 0 Å². The van der Waals surface area contributed by atoms with Crippen molar-refractivity contribution in [2.45, 2.75) is 6.92 Å². The molecule has 0 aromatic heterocycles. The quantitative estimate of drug-likeness (QED) is 0.668. The number of carbonyl (C=O) groups excluding carboxylic acids is 1. The van der Waals surface area contributed by atoms with E-state index < -0.39 is 11.9 Å². The highest BCUT2D eigenvalue weighted by Crippen LogP contribution is 2.08. The van der Waals surface area contributed by atoms with Crippen molar-refractivity contribution in [1.82, 2.24) is 5.43 Å². The van der Waals surface area contributed by atoms with E-state index in [1.807, 2.05) is 31.2 Å². The summed E-state index contributed by atoms with van der Waals surface area (Å²) in [6.45, 7) is 1.96. The lowest BCUT2D eigenvalue weighted by Crippen LogP contribution is -2.20. The van der Waals surface area contributed by atoms with E-state index in [9.17, 15) is 9.59 Å². The van der Waals surface area contributed by atoms with Crippen LogP contribution in [0.4, 0.5) is 0 Å². The number of hydrogen-bond donors (Lipinski definition) is 2. The zero-order valence-corrected chi connectivity index (χ0v) is 11.4. The van der Waals surface area contributed by atoms with Crippen molar-refractivity contribution < 1.29 is 14.7 Å². The maximum Gasteiger partial charge on any atom is 0.336 e. The molecule has 21 heavy (non-hydrogen) atoms. The zero-order chi connectivity index (χ0) is 15.2. The predicted molar refractivity (Wildman–Crippen MR) is 79.6 cm³/mol. The molecule has 2 N–H and O–H groups in total. The second-order valence-electron chi connectivity index (χ2n) is 4.46. The summed E-state index contributed by atoms with van der Waals surface area (Å²) >= 11 is 0. The molecule has 0 unspecified atom stereocenters. The summed E-state index contributed by atoms with van der Waals surface area (Å²) in [5, 5.41) is 12.9. The number of hydrazone groups is 1. The van der Waals surface area contributed by atoms with Crippen molar-refractivity contribution in [1.29, 1.82) is 0 Å². The Kier molecular flexibility index (Phi) is 4.46. The van der Waals surface area contributed by atoms with E-state index in [1.54, 1.807) is 12.1 Å². The summed E-state index contributed by atoms with van der Waals surface area (Å²) in [6, 6.07) is 13.6. The Morgan fingerprint density at radius 1 is 1.10 bits per heavy atom. The monoisotopic (exact) mass is 282 g/mol. The molecule has 2 aromatic rings. The van der Waals surface area contributed by atoms with Crippen LogP contribution in [-0.2, 0) is 0 Å². The normalized spacial score (nSPS) is 10.5. The van der Waals surface area contributed by atoms with E-state index in [4.69, 9.17) is 5.11 Å². The van der Waals surface area contributed by atoms with Crippen LogP contribution in [0.5, 0.6) is 0 Å². The summed E-state index contributed by atoms with van der Waals surface area (Å²) in [5.74, 6) is -1.71. The number of carboxylic acid groups (broad SMARTS) is 1. The van der Waals surface area contributed by atoms with E-state index in [2.05, 4.69) is 10.5 Å². The second-order valence-corrected chi connectivity index (χ2v) is 4.46. The van der Waals surface area contributed by atoms with Crippen LogP contribution in [0, 0.1) is 6.92 Å². The standard InChI is InChI=1S/C16H14N2O3/c1-11-5-4-6-12(9-11)10-17-18-15(19)13-7-2-3-8-14(13)16(20)21/h2-10H,1H3,(H,18,19)(H,20,21). The number of amides is 1. The molecule has 0 aliphatic carbocycles. The maximum atomic E-state index is 11.9. The smallest absolute Gasteiger partial charge is 0.336 e. The van der Waals surface area contributed by atoms with Crippen LogP contribution in [0.3, 0.4) is 0 Å². The van der Waals surface area contributed by atoms with Gasteiger partial charge >= 0.3 is 5.97 Å². The maximum absolute atomic E-state index is 11.9. The molecule has 5 heteroatoms. The largest absolute Gasteiger partial charge is 0.478 e. The van der Waals surface area contributed by atoms with Crippen molar-refractivity contribution in [3.63, 3.8) is 0 Å². The van der Waals surface area contributed by atoms with Crippen LogP contribution in [0.2, 0.25) is 0 Å². The molecule has 0 aliphatic heterocycles. The summed E-state index contributed by atoms with van der Waals surface area (Å²) in [7, 11) is 0. The topological polar surface area (TPSA) is 78.8 Å². The van der Waals surface area contributed by atoms with Gasteiger partial charge in [0.15, 0.2) is 0 Å². The van der Waals surface area contributed by atoms with Gasteiger partial charge in [0.25, 0.3) is 5.91 Å². The number of carboxylic acids is 1. The Morgan fingerprint density at radius 3 is 2.48 bits per heavy atom. The minimum atomic E-state index is -1.15. The van der Waals surface area contributed by atoms with E-state index in [1.165, 1.54) is 18.3 Å². The molecule has 2 rings (SSSR count). The van der Waals surface area contributed by atoms with Crippen molar-refractivity contribution >= 4 is 18.1 Å². The van der Waals surface area contributed by atoms with Gasteiger partial charge in [-0.1, -0.05) is 42.0 Å². The minimum Gasteiger partial charge on any atom is -0.478 e. The van der Waals surface area contributed by atoms with E-state index in [0.29, 0.717) is 0 Å². The number of rotatable bonds is 4. The molecular formula is C16H14N2O3. The summed E-state index contributed by atoms with van der Waals surface area (Å²) in [6.07, 6.45) is 1.51. The van der Waals surface area contributed by atoms with Crippen molar-refractivity contribution in [2.75, 3.05) is 0 Å². The number of hydrogen-bond acceptors (Lipinski definition) is 3. The van der Waals surface area contributed by atoms with E-state index in [-0.39, 0.29) is 11.1 Å². The summed E-state index contributed by atoms with van der Waals surface area (Å²) in [4.78, 5) is 23.0. The van der Waals surface area contributed by atoms with Crippen molar-refractivity contribution in [2.24, 2.45) is 5.10 Å². The third kappa shape index (κ3) is 3.76. The first-order valence-corrected chi connectivity index (χ1v) is 6.30. The highest BCUT2D eigenvalue weighted by molar-refractivity contribution is 6.04. The number of aromatic carboxylic acids is 1. The second kappa shape index (κ2) is 6.47. The van der Waals surface area contributed by atoms with Gasteiger partial charge < -0.3 is 5.11 Å². The molecule has 0 spiro atoms. The van der Waals surface area contributed by atoms with Gasteiger partial charge in [0.1, 0.15) is 0 Å². The Hall–Kier alpha value is -2.95. The third-order valence-electron chi connectivity index (χ3n) is 2.82. The summed E-state index contributed by atoms with van der Waals surface area (Å²) < 4.78 is 0. The fourth-order valence-corrected chi connectivity index (χ4v) is 1.84. The van der Waals surface area contributed by atoms with E-state index in [0.717, 1.165) is 11.1 Å². The van der Waals surface area contributed by atoms with Crippen LogP contribution in [0.1, 0.15) is 31.8 Å². The molecule has 0 fully saturated rings. The van der Waals surface area contributed by atoms with Gasteiger partial charge in [-0.3, -0.25) is 4.79 Å². The highest BCUT2D eigenvalue weighted by Gasteiger charge is 2.14. The first-order chi connectivity index (χ1) is 10.1. The number of nitrogens with one attached hydrogen (secondary N) is 1. The molecule has 0 aliphatic rings. The first kappa shape index (κ1) is 14.5. The van der Waals surface area contributed by atoms with Gasteiger partial charge in [0.2, 0.25) is 0 Å². The predicted octanol–water partition coefficient (Wildman–Crippen LogP) is 2.46. The fraction of sp³-hybridized carbons (Fsp3) is 0.0625. The van der Waals surface area contributed by atoms with Crippen LogP contribution in [0.15, 0.2) is 53.6 Å². The number of nitrogens with zero attached hydrogens (tertiary/aromatic N) is 1. The van der Waals surface area contributed by atoms with Gasteiger partial charge in [-0.25, -0.2) is 10.2 Å². The van der Waals surface area contributed by atoms with Crippen LogP contribution in [-0.4, -0.2) is 23.2 Å². The molecule has 0 heterocycles. The fourth-order valence-electron chi connectivity index (χ4n) is 1.84. The molecule has 2 aromatic carbocycles. The van der Waals surface area contributed by atoms with Gasteiger partial charge in [0.05, 0.1) is 17.3 Å². The Morgan fingerprint density at radius 2 is 1.81 bits per heavy atom. The Balaban J connectivity index is 2.11. The molecule has 5 nitrogen and oxygen atoms in total. The van der Waals surface area contributed by atoms with Crippen LogP contribution < -0.4 is 5.43 Å². The lowest BCUT2D eigenvalue weighted by molar-refractivity contribution is 0.0691. The number of aryl methyl sites for hydroxylation is 1. The molecule has 1 amide bonds. The minimum absolute atomic E-state index is 0.0549. The SMILES string of the molecule is Cc1cccc(C=NNC(=O)c2ccccc2C(=O)O)c1. The van der Waals surface area contributed by atoms with Gasteiger partial charge in [-0.2, -0.15) is 5.10 Å². The third-order valence-corrected chi connectivity index (χ3v) is 2.82. The van der Waals surface area contributed by atoms with E-state index >= 15 is 0 Å². The van der Waals surface area contributed by atoms with Gasteiger partial charge in [-0.15, -0.1) is 0 Å². The average molecular weight is 282 g/mol. The molecule has 0 atom stereocenters. The molecular weight excluding hydrogens is 268 g/mol. The Bertz CT molecular complexity index is 708. The van der Waals surface area contributed by atoms with Crippen LogP contribution >= 0.6 is 0 Å². The van der Waals surface area contributed by atoms with Crippen molar-refractivity contribution in [3.05, 3.63) is 70.8 Å². The molecule has 0 saturated carbocycles. The van der Waals surface area contributed by atoms with Crippen LogP contribution in [0.25, 0.3) is 0 Å². The number of benzene rings is 2. The zero-order valence-electron chi connectivity index (χ0n) is 11.4. The lowest BCUT2D eigenvalue weighted by Gasteiger charge is -2.03. The summed E-state index contributed by atoms with van der Waals surface area (Å²) in [5.41, 5.74) is 4.28. The molecule has 0 radical (unpaired) electrons. The molecule has 106 valence electrons.